The summed E-state index contributed by atoms with van der Waals surface area (Å²) in [7, 11) is 0. The topological polar surface area (TPSA) is 43.4 Å². The smallest absolute Gasteiger partial charge is 0.0642 e. The second-order valence-corrected chi connectivity index (χ2v) is 9.35. The van der Waals surface area contributed by atoms with Gasteiger partial charge in [0.2, 0.25) is 0 Å². The van der Waals surface area contributed by atoms with Gasteiger partial charge in [-0.1, -0.05) is 60.7 Å². The molecule has 0 unspecified atom stereocenters. The predicted molar refractivity (Wildman–Crippen MR) is 146 cm³/mol. The highest BCUT2D eigenvalue weighted by atomic mass is 16.5. The number of nitrogens with two attached hydrogens (primary N) is 1. The number of anilines is 1. The molecular formula is C31H31N3O. The summed E-state index contributed by atoms with van der Waals surface area (Å²) >= 11 is 0. The standard InChI is InChI=1S/C31H31N3O/c32-14-13-26-22-34(21-23-5-3-8-27(19-23)33-15-17-35-18-16-33)31-12-11-25(20-30(26)31)29-10-4-7-24-6-1-2-9-28(24)29/h1-12,19-20,22H,13-18,21,32H2. The molecule has 4 nitrogen and oxygen atoms in total. The molecule has 2 heterocycles. The van der Waals surface area contributed by atoms with Crippen LogP contribution < -0.4 is 10.6 Å². The summed E-state index contributed by atoms with van der Waals surface area (Å²) in [5.74, 6) is 0. The van der Waals surface area contributed by atoms with Crippen molar-refractivity contribution >= 4 is 27.4 Å². The summed E-state index contributed by atoms with van der Waals surface area (Å²) in [4.78, 5) is 2.41. The zero-order valence-electron chi connectivity index (χ0n) is 20.0. The van der Waals surface area contributed by atoms with Crippen LogP contribution in [0, 0.1) is 0 Å². The molecule has 5 aromatic rings. The number of hydrogen-bond donors (Lipinski definition) is 1. The lowest BCUT2D eigenvalue weighted by Crippen LogP contribution is -2.36. The Kier molecular flexibility index (Phi) is 5.99. The fraction of sp³-hybridized carbons (Fsp3) is 0.226. The van der Waals surface area contributed by atoms with Crippen LogP contribution >= 0.6 is 0 Å². The Morgan fingerprint density at radius 1 is 0.800 bits per heavy atom. The molecule has 1 aliphatic rings. The molecule has 2 N–H and O–H groups in total. The molecular weight excluding hydrogens is 430 g/mol. The van der Waals surface area contributed by atoms with Crippen LogP contribution in [0.4, 0.5) is 5.69 Å². The van der Waals surface area contributed by atoms with Crippen LogP contribution in [0.2, 0.25) is 0 Å². The van der Waals surface area contributed by atoms with Crippen molar-refractivity contribution in [2.45, 2.75) is 13.0 Å². The zero-order valence-corrected chi connectivity index (χ0v) is 20.0. The minimum absolute atomic E-state index is 0.643. The maximum absolute atomic E-state index is 6.01. The first-order valence-electron chi connectivity index (χ1n) is 12.5. The van der Waals surface area contributed by atoms with Crippen LogP contribution in [0.1, 0.15) is 11.1 Å². The first kappa shape index (κ1) is 21.9. The van der Waals surface area contributed by atoms with Gasteiger partial charge in [-0.2, -0.15) is 0 Å². The quantitative estimate of drug-likeness (QED) is 0.345. The Bertz CT molecular complexity index is 1470. The number of hydrogen-bond acceptors (Lipinski definition) is 3. The van der Waals surface area contributed by atoms with Crippen molar-refractivity contribution in [2.24, 2.45) is 5.73 Å². The van der Waals surface area contributed by atoms with Gasteiger partial charge in [-0.05, 0) is 70.3 Å². The highest BCUT2D eigenvalue weighted by molar-refractivity contribution is 5.99. The fourth-order valence-corrected chi connectivity index (χ4v) is 5.37. The second kappa shape index (κ2) is 9.57. The Hall–Kier alpha value is -3.60. The normalized spacial score (nSPS) is 14.1. The number of ether oxygens (including phenoxy) is 1. The van der Waals surface area contributed by atoms with E-state index in [0.717, 1.165) is 39.3 Å². The van der Waals surface area contributed by atoms with Crippen molar-refractivity contribution in [1.29, 1.82) is 0 Å². The number of benzene rings is 4. The largest absolute Gasteiger partial charge is 0.378 e. The van der Waals surface area contributed by atoms with E-state index in [1.54, 1.807) is 0 Å². The van der Waals surface area contributed by atoms with Gasteiger partial charge in [-0.3, -0.25) is 0 Å². The number of fused-ring (bicyclic) bond motifs is 2. The molecule has 0 atom stereocenters. The molecule has 1 aliphatic heterocycles. The van der Waals surface area contributed by atoms with Gasteiger partial charge in [-0.15, -0.1) is 0 Å². The van der Waals surface area contributed by atoms with Crippen molar-refractivity contribution in [2.75, 3.05) is 37.7 Å². The molecule has 6 rings (SSSR count). The van der Waals surface area contributed by atoms with Crippen molar-refractivity contribution in [3.63, 3.8) is 0 Å². The molecule has 0 spiro atoms. The Morgan fingerprint density at radius 2 is 1.63 bits per heavy atom. The van der Waals surface area contributed by atoms with Gasteiger partial charge in [0.15, 0.2) is 0 Å². The lowest BCUT2D eigenvalue weighted by molar-refractivity contribution is 0.122. The van der Waals surface area contributed by atoms with Crippen molar-refractivity contribution in [3.05, 3.63) is 102 Å². The van der Waals surface area contributed by atoms with Gasteiger partial charge >= 0.3 is 0 Å². The van der Waals surface area contributed by atoms with Crippen LogP contribution in [0.5, 0.6) is 0 Å². The highest BCUT2D eigenvalue weighted by Gasteiger charge is 2.14. The number of nitrogens with zero attached hydrogens (tertiary/aromatic N) is 2. The molecule has 1 saturated heterocycles. The van der Waals surface area contributed by atoms with E-state index in [4.69, 9.17) is 10.5 Å². The van der Waals surface area contributed by atoms with Gasteiger partial charge in [-0.25, -0.2) is 0 Å². The van der Waals surface area contributed by atoms with Crippen LogP contribution in [0.3, 0.4) is 0 Å². The minimum atomic E-state index is 0.643. The van der Waals surface area contributed by atoms with Crippen LogP contribution in [-0.4, -0.2) is 37.4 Å². The van der Waals surface area contributed by atoms with Gasteiger partial charge in [0.25, 0.3) is 0 Å². The van der Waals surface area contributed by atoms with Crippen molar-refractivity contribution in [3.8, 4) is 11.1 Å². The lowest BCUT2D eigenvalue weighted by Gasteiger charge is -2.29. The summed E-state index contributed by atoms with van der Waals surface area (Å²) < 4.78 is 7.91. The van der Waals surface area contributed by atoms with Crippen LogP contribution in [-0.2, 0) is 17.7 Å². The summed E-state index contributed by atoms with van der Waals surface area (Å²) in [6.07, 6.45) is 3.17. The Morgan fingerprint density at radius 3 is 2.51 bits per heavy atom. The third-order valence-electron chi connectivity index (χ3n) is 7.12. The fourth-order valence-electron chi connectivity index (χ4n) is 5.37. The van der Waals surface area contributed by atoms with E-state index in [-0.39, 0.29) is 0 Å². The molecule has 0 amide bonds. The number of morpholine rings is 1. The van der Waals surface area contributed by atoms with Gasteiger partial charge in [0.1, 0.15) is 0 Å². The summed E-state index contributed by atoms with van der Waals surface area (Å²) in [5, 5.41) is 3.85. The van der Waals surface area contributed by atoms with E-state index in [1.807, 2.05) is 0 Å². The number of aromatic nitrogens is 1. The van der Waals surface area contributed by atoms with Crippen LogP contribution in [0.25, 0.3) is 32.8 Å². The molecule has 1 aromatic heterocycles. The van der Waals surface area contributed by atoms with Crippen LogP contribution in [0.15, 0.2) is 91.1 Å². The average molecular weight is 462 g/mol. The summed E-state index contributed by atoms with van der Waals surface area (Å²) in [5.41, 5.74) is 13.7. The van der Waals surface area contributed by atoms with Crippen molar-refractivity contribution in [1.82, 2.24) is 4.57 Å². The monoisotopic (exact) mass is 461 g/mol. The molecule has 35 heavy (non-hydrogen) atoms. The van der Waals surface area contributed by atoms with E-state index < -0.39 is 0 Å². The first-order valence-corrected chi connectivity index (χ1v) is 12.5. The molecule has 0 aliphatic carbocycles. The Balaban J connectivity index is 1.38. The lowest BCUT2D eigenvalue weighted by atomic mass is 9.96. The Labute approximate surface area is 206 Å². The van der Waals surface area contributed by atoms with E-state index in [9.17, 15) is 0 Å². The predicted octanol–water partition coefficient (Wildman–Crippen LogP) is 5.85. The molecule has 0 radical (unpaired) electrons. The second-order valence-electron chi connectivity index (χ2n) is 9.35. The minimum Gasteiger partial charge on any atom is -0.378 e. The van der Waals surface area contributed by atoms with E-state index in [1.165, 1.54) is 49.6 Å². The van der Waals surface area contributed by atoms with Gasteiger partial charge < -0.3 is 19.9 Å². The first-order chi connectivity index (χ1) is 17.3. The molecule has 176 valence electrons. The third kappa shape index (κ3) is 4.31. The number of rotatable bonds is 6. The van der Waals surface area contributed by atoms with Crippen molar-refractivity contribution < 1.29 is 4.74 Å². The highest BCUT2D eigenvalue weighted by Crippen LogP contribution is 2.33. The summed E-state index contributed by atoms with van der Waals surface area (Å²) in [6.45, 7) is 4.99. The molecule has 4 aromatic carbocycles. The molecule has 1 fully saturated rings. The maximum Gasteiger partial charge on any atom is 0.0642 e. The SMILES string of the molecule is NCCc1cn(Cc2cccc(N3CCOCC3)c2)c2ccc(-c3cccc4ccccc34)cc12. The average Bonchev–Trinajstić information content (AvgIpc) is 3.25. The van der Waals surface area contributed by atoms with Gasteiger partial charge in [0.05, 0.1) is 13.2 Å². The van der Waals surface area contributed by atoms with E-state index in [2.05, 4.69) is 101 Å². The molecule has 4 heteroatoms. The van der Waals surface area contributed by atoms with Gasteiger partial charge in [0, 0.05) is 42.4 Å². The zero-order chi connectivity index (χ0) is 23.6. The molecule has 0 bridgehead atoms. The van der Waals surface area contributed by atoms with E-state index in [0.29, 0.717) is 6.54 Å². The summed E-state index contributed by atoms with van der Waals surface area (Å²) in [6, 6.07) is 31.0. The van der Waals surface area contributed by atoms with E-state index >= 15 is 0 Å². The molecule has 0 saturated carbocycles. The third-order valence-corrected chi connectivity index (χ3v) is 7.12. The maximum atomic E-state index is 6.01.